The second-order valence-corrected chi connectivity index (χ2v) is 4.89. The van der Waals surface area contributed by atoms with E-state index in [9.17, 15) is 0 Å². The van der Waals surface area contributed by atoms with Crippen molar-refractivity contribution in [2.45, 2.75) is 18.9 Å². The summed E-state index contributed by atoms with van der Waals surface area (Å²) < 4.78 is 15.9. The van der Waals surface area contributed by atoms with Crippen molar-refractivity contribution >= 4 is 0 Å². The Bertz CT molecular complexity index is 621. The largest absolute Gasteiger partial charge is 0.454 e. The molecule has 1 aliphatic carbocycles. The summed E-state index contributed by atoms with van der Waals surface area (Å²) in [5.41, 5.74) is 6.86. The molecule has 0 amide bonds. The van der Waals surface area contributed by atoms with Crippen LogP contribution in [0.5, 0.6) is 11.5 Å². The van der Waals surface area contributed by atoms with Crippen LogP contribution in [0, 0.1) is 5.92 Å². The van der Waals surface area contributed by atoms with Crippen LogP contribution in [0.4, 0.5) is 0 Å². The number of benzene rings is 1. The molecule has 6 nitrogen and oxygen atoms in total. The summed E-state index contributed by atoms with van der Waals surface area (Å²) >= 11 is 0. The van der Waals surface area contributed by atoms with Gasteiger partial charge in [-0.25, -0.2) is 0 Å². The van der Waals surface area contributed by atoms with Gasteiger partial charge in [0.1, 0.15) is 0 Å². The van der Waals surface area contributed by atoms with Gasteiger partial charge in [0.15, 0.2) is 17.3 Å². The van der Waals surface area contributed by atoms with E-state index in [0.29, 0.717) is 23.4 Å². The third kappa shape index (κ3) is 1.84. The number of aromatic nitrogens is 2. The summed E-state index contributed by atoms with van der Waals surface area (Å²) in [7, 11) is 0. The van der Waals surface area contributed by atoms with Gasteiger partial charge in [0.05, 0.1) is 6.04 Å². The molecule has 0 bridgehead atoms. The van der Waals surface area contributed by atoms with E-state index >= 15 is 0 Å². The lowest BCUT2D eigenvalue weighted by Crippen LogP contribution is -2.13. The Labute approximate surface area is 109 Å². The maximum atomic E-state index is 6.05. The van der Waals surface area contributed by atoms with Crippen LogP contribution in [0.1, 0.15) is 24.7 Å². The van der Waals surface area contributed by atoms with Crippen molar-refractivity contribution in [3.05, 3.63) is 24.0 Å². The summed E-state index contributed by atoms with van der Waals surface area (Å²) in [5, 5.41) is 3.96. The number of fused-ring (bicyclic) bond motifs is 1. The molecule has 6 heteroatoms. The Morgan fingerprint density at radius 1 is 1.21 bits per heavy atom. The molecule has 2 heterocycles. The van der Waals surface area contributed by atoms with Crippen molar-refractivity contribution in [3.8, 4) is 23.0 Å². The predicted molar refractivity (Wildman–Crippen MR) is 65.5 cm³/mol. The van der Waals surface area contributed by atoms with Crippen LogP contribution >= 0.6 is 0 Å². The van der Waals surface area contributed by atoms with E-state index in [1.165, 1.54) is 0 Å². The summed E-state index contributed by atoms with van der Waals surface area (Å²) in [5.74, 6) is 2.98. The van der Waals surface area contributed by atoms with Crippen LogP contribution in [-0.2, 0) is 0 Å². The minimum atomic E-state index is -0.119. The van der Waals surface area contributed by atoms with Crippen molar-refractivity contribution in [3.63, 3.8) is 0 Å². The maximum absolute atomic E-state index is 6.05. The molecule has 1 aromatic heterocycles. The van der Waals surface area contributed by atoms with Crippen LogP contribution < -0.4 is 15.2 Å². The highest BCUT2D eigenvalue weighted by molar-refractivity contribution is 5.60. The third-order valence-electron chi connectivity index (χ3n) is 3.49. The molecule has 2 N–H and O–H groups in total. The fourth-order valence-corrected chi connectivity index (χ4v) is 2.18. The summed E-state index contributed by atoms with van der Waals surface area (Å²) in [6, 6.07) is 5.42. The zero-order valence-corrected chi connectivity index (χ0v) is 10.2. The molecule has 1 aromatic carbocycles. The first-order valence-electron chi connectivity index (χ1n) is 6.30. The molecule has 1 atom stereocenters. The molecule has 1 aliphatic heterocycles. The van der Waals surface area contributed by atoms with E-state index in [2.05, 4.69) is 10.1 Å². The molecule has 2 aromatic rings. The Morgan fingerprint density at radius 2 is 2.05 bits per heavy atom. The van der Waals surface area contributed by atoms with Gasteiger partial charge in [-0.15, -0.1) is 0 Å². The molecule has 1 saturated carbocycles. The minimum Gasteiger partial charge on any atom is -0.454 e. The van der Waals surface area contributed by atoms with Crippen molar-refractivity contribution < 1.29 is 14.0 Å². The smallest absolute Gasteiger partial charge is 0.258 e. The first-order chi connectivity index (χ1) is 9.31. The second-order valence-electron chi connectivity index (χ2n) is 4.89. The first kappa shape index (κ1) is 10.8. The summed E-state index contributed by atoms with van der Waals surface area (Å²) in [6.07, 6.45) is 2.30. The van der Waals surface area contributed by atoms with Crippen LogP contribution in [0.25, 0.3) is 11.5 Å². The quantitative estimate of drug-likeness (QED) is 0.906. The van der Waals surface area contributed by atoms with Gasteiger partial charge in [0, 0.05) is 5.56 Å². The molecule has 1 unspecified atom stereocenters. The lowest BCUT2D eigenvalue weighted by Gasteiger charge is -2.02. The van der Waals surface area contributed by atoms with Gasteiger partial charge in [-0.3, -0.25) is 0 Å². The number of nitrogens with zero attached hydrogens (tertiary/aromatic N) is 2. The lowest BCUT2D eigenvalue weighted by molar-refractivity contribution is 0.174. The van der Waals surface area contributed by atoms with Crippen LogP contribution in [0.15, 0.2) is 22.7 Å². The SMILES string of the molecule is NC(c1noc(-c2ccc3c(c2)OCO3)n1)C1CC1. The number of ether oxygens (including phenoxy) is 2. The topological polar surface area (TPSA) is 83.4 Å². The predicted octanol–water partition coefficient (Wildman–Crippen LogP) is 1.88. The van der Waals surface area contributed by atoms with Crippen LogP contribution in [0.3, 0.4) is 0 Å². The highest BCUT2D eigenvalue weighted by Gasteiger charge is 2.32. The third-order valence-corrected chi connectivity index (χ3v) is 3.49. The molecule has 0 radical (unpaired) electrons. The molecule has 0 spiro atoms. The number of hydrogen-bond donors (Lipinski definition) is 1. The fourth-order valence-electron chi connectivity index (χ4n) is 2.18. The van der Waals surface area contributed by atoms with Crippen LogP contribution in [0.2, 0.25) is 0 Å². The van der Waals surface area contributed by atoms with E-state index in [0.717, 1.165) is 24.2 Å². The molecule has 2 aliphatic rings. The normalized spacial score (nSPS) is 18.6. The standard InChI is InChI=1S/C13H13N3O3/c14-11(7-1-2-7)12-15-13(19-16-12)8-3-4-9-10(5-8)18-6-17-9/h3-5,7,11H,1-2,6,14H2. The molecule has 98 valence electrons. The average Bonchev–Trinajstić information content (AvgIpc) is 2.99. The van der Waals surface area contributed by atoms with Crippen molar-refractivity contribution in [1.82, 2.24) is 10.1 Å². The summed E-state index contributed by atoms with van der Waals surface area (Å²) in [4.78, 5) is 4.37. The average molecular weight is 259 g/mol. The Hall–Kier alpha value is -2.08. The van der Waals surface area contributed by atoms with Gasteiger partial charge >= 0.3 is 0 Å². The van der Waals surface area contributed by atoms with Crippen molar-refractivity contribution in [2.24, 2.45) is 11.7 Å². The highest BCUT2D eigenvalue weighted by atomic mass is 16.7. The van der Waals surface area contributed by atoms with E-state index in [1.54, 1.807) is 0 Å². The summed E-state index contributed by atoms with van der Waals surface area (Å²) in [6.45, 7) is 0.250. The first-order valence-corrected chi connectivity index (χ1v) is 6.30. The van der Waals surface area contributed by atoms with Crippen LogP contribution in [-0.4, -0.2) is 16.9 Å². The molecular weight excluding hydrogens is 246 g/mol. The van der Waals surface area contributed by atoms with Crippen molar-refractivity contribution in [2.75, 3.05) is 6.79 Å². The lowest BCUT2D eigenvalue weighted by atomic mass is 10.2. The molecule has 4 rings (SSSR count). The van der Waals surface area contributed by atoms with E-state index < -0.39 is 0 Å². The van der Waals surface area contributed by atoms with Gasteiger partial charge in [0.2, 0.25) is 6.79 Å². The van der Waals surface area contributed by atoms with E-state index in [-0.39, 0.29) is 12.8 Å². The fraction of sp³-hybridized carbons (Fsp3) is 0.385. The van der Waals surface area contributed by atoms with Gasteiger partial charge in [-0.1, -0.05) is 5.16 Å². The zero-order valence-electron chi connectivity index (χ0n) is 10.2. The Kier molecular flexibility index (Phi) is 2.25. The number of rotatable bonds is 3. The number of nitrogens with two attached hydrogens (primary N) is 1. The highest BCUT2D eigenvalue weighted by Crippen LogP contribution is 2.39. The van der Waals surface area contributed by atoms with Gasteiger partial charge < -0.3 is 19.7 Å². The molecule has 19 heavy (non-hydrogen) atoms. The Morgan fingerprint density at radius 3 is 2.89 bits per heavy atom. The second kappa shape index (κ2) is 3.96. The van der Waals surface area contributed by atoms with E-state index in [1.807, 2.05) is 18.2 Å². The molecule has 0 saturated heterocycles. The van der Waals surface area contributed by atoms with Gasteiger partial charge in [-0.05, 0) is 37.0 Å². The van der Waals surface area contributed by atoms with Crippen molar-refractivity contribution in [1.29, 1.82) is 0 Å². The number of hydrogen-bond acceptors (Lipinski definition) is 6. The zero-order chi connectivity index (χ0) is 12.8. The minimum absolute atomic E-state index is 0.119. The van der Waals surface area contributed by atoms with Gasteiger partial charge in [0.25, 0.3) is 5.89 Å². The molecular formula is C13H13N3O3. The molecule has 1 fully saturated rings. The van der Waals surface area contributed by atoms with Gasteiger partial charge in [-0.2, -0.15) is 4.98 Å². The maximum Gasteiger partial charge on any atom is 0.258 e. The monoisotopic (exact) mass is 259 g/mol. The van der Waals surface area contributed by atoms with E-state index in [4.69, 9.17) is 19.7 Å². The Balaban J connectivity index is 1.65.